The molecule has 1 atom stereocenters. The number of rotatable bonds is 4. The molecule has 7 nitrogen and oxygen atoms in total. The molecule has 1 aromatic carbocycles. The molecule has 22 heavy (non-hydrogen) atoms. The first-order valence-corrected chi connectivity index (χ1v) is 8.04. The zero-order valence-corrected chi connectivity index (χ0v) is 12.7. The van der Waals surface area contributed by atoms with Crippen molar-refractivity contribution in [2.45, 2.75) is 36.2 Å². The van der Waals surface area contributed by atoms with Crippen molar-refractivity contribution in [3.63, 3.8) is 0 Å². The number of tetrazole rings is 1. The second-order valence-electron chi connectivity index (χ2n) is 5.37. The predicted octanol–water partition coefficient (Wildman–Crippen LogP) is 2.10. The van der Waals surface area contributed by atoms with Crippen molar-refractivity contribution in [1.82, 2.24) is 30.2 Å². The summed E-state index contributed by atoms with van der Waals surface area (Å²) in [4.78, 5) is 19.6. The third-order valence-electron chi connectivity index (χ3n) is 3.65. The fraction of sp³-hybridized carbons (Fsp3) is 0.357. The van der Waals surface area contributed by atoms with Crippen LogP contribution < -0.4 is 5.56 Å². The van der Waals surface area contributed by atoms with Crippen molar-refractivity contribution in [2.75, 3.05) is 0 Å². The summed E-state index contributed by atoms with van der Waals surface area (Å²) in [7, 11) is 0. The van der Waals surface area contributed by atoms with Crippen molar-refractivity contribution >= 4 is 22.7 Å². The van der Waals surface area contributed by atoms with Gasteiger partial charge in [0.2, 0.25) is 5.16 Å². The van der Waals surface area contributed by atoms with Gasteiger partial charge >= 0.3 is 0 Å². The van der Waals surface area contributed by atoms with E-state index in [9.17, 15) is 4.79 Å². The molecule has 112 valence electrons. The molecule has 3 aromatic rings. The average Bonchev–Trinajstić information content (AvgIpc) is 3.27. The number of aromatic amines is 1. The number of benzene rings is 1. The van der Waals surface area contributed by atoms with Crippen molar-refractivity contribution in [3.8, 4) is 0 Å². The maximum atomic E-state index is 12.1. The van der Waals surface area contributed by atoms with Gasteiger partial charge in [0.1, 0.15) is 5.82 Å². The molecule has 2 heterocycles. The number of hydrogen-bond donors (Lipinski definition) is 1. The van der Waals surface area contributed by atoms with Crippen LogP contribution in [-0.2, 0) is 0 Å². The number of fused-ring (bicyclic) bond motifs is 1. The SMILES string of the molecule is C[C@@H](Sc1nnnn1C1CC1)c1nc2ccccc2c(=O)[nH]1. The van der Waals surface area contributed by atoms with Crippen LogP contribution in [0, 0.1) is 0 Å². The lowest BCUT2D eigenvalue weighted by atomic mass is 10.2. The maximum absolute atomic E-state index is 12.1. The van der Waals surface area contributed by atoms with E-state index in [0.29, 0.717) is 22.8 Å². The van der Waals surface area contributed by atoms with E-state index >= 15 is 0 Å². The number of nitrogens with one attached hydrogen (secondary N) is 1. The van der Waals surface area contributed by atoms with E-state index in [-0.39, 0.29) is 10.8 Å². The lowest BCUT2D eigenvalue weighted by Gasteiger charge is -2.10. The molecule has 0 aliphatic heterocycles. The van der Waals surface area contributed by atoms with Gasteiger partial charge in [-0.25, -0.2) is 9.67 Å². The fourth-order valence-corrected chi connectivity index (χ4v) is 3.24. The molecular weight excluding hydrogens is 300 g/mol. The first-order valence-electron chi connectivity index (χ1n) is 7.16. The van der Waals surface area contributed by atoms with E-state index in [1.807, 2.05) is 29.8 Å². The number of H-pyrrole nitrogens is 1. The van der Waals surface area contributed by atoms with Crippen LogP contribution in [0.2, 0.25) is 0 Å². The third kappa shape index (κ3) is 2.39. The molecule has 0 radical (unpaired) electrons. The minimum Gasteiger partial charge on any atom is -0.309 e. The largest absolute Gasteiger partial charge is 0.309 e. The lowest BCUT2D eigenvalue weighted by Crippen LogP contribution is -2.13. The number of nitrogens with zero attached hydrogens (tertiary/aromatic N) is 5. The zero-order chi connectivity index (χ0) is 15.1. The van der Waals surface area contributed by atoms with Gasteiger partial charge in [0.15, 0.2) is 0 Å². The fourth-order valence-electron chi connectivity index (χ4n) is 2.32. The van der Waals surface area contributed by atoms with E-state index < -0.39 is 0 Å². The minimum absolute atomic E-state index is 0.0409. The van der Waals surface area contributed by atoms with Gasteiger partial charge in [0.25, 0.3) is 5.56 Å². The summed E-state index contributed by atoms with van der Waals surface area (Å²) in [6, 6.07) is 7.76. The first-order chi connectivity index (χ1) is 10.7. The van der Waals surface area contributed by atoms with Crippen LogP contribution >= 0.6 is 11.8 Å². The lowest BCUT2D eigenvalue weighted by molar-refractivity contribution is 0.564. The summed E-state index contributed by atoms with van der Waals surface area (Å²) in [5, 5.41) is 13.2. The highest BCUT2D eigenvalue weighted by Gasteiger charge is 2.29. The van der Waals surface area contributed by atoms with Crippen LogP contribution in [0.4, 0.5) is 0 Å². The quantitative estimate of drug-likeness (QED) is 0.742. The summed E-state index contributed by atoms with van der Waals surface area (Å²) >= 11 is 1.51. The van der Waals surface area contributed by atoms with Gasteiger partial charge in [-0.05, 0) is 42.3 Å². The number of aromatic nitrogens is 6. The predicted molar refractivity (Wildman–Crippen MR) is 82.7 cm³/mol. The number of hydrogen-bond acceptors (Lipinski definition) is 6. The van der Waals surface area contributed by atoms with Gasteiger partial charge < -0.3 is 4.98 Å². The van der Waals surface area contributed by atoms with E-state index in [2.05, 4.69) is 25.5 Å². The van der Waals surface area contributed by atoms with Crippen LogP contribution in [0.15, 0.2) is 34.2 Å². The van der Waals surface area contributed by atoms with Crippen LogP contribution in [0.5, 0.6) is 0 Å². The van der Waals surface area contributed by atoms with E-state index in [0.717, 1.165) is 18.0 Å². The molecule has 1 N–H and O–H groups in total. The summed E-state index contributed by atoms with van der Waals surface area (Å²) in [5.74, 6) is 0.638. The van der Waals surface area contributed by atoms with Gasteiger partial charge in [0.05, 0.1) is 22.2 Å². The minimum atomic E-state index is -0.116. The molecule has 4 rings (SSSR count). The normalized spacial score (nSPS) is 16.0. The molecule has 8 heteroatoms. The molecule has 0 spiro atoms. The molecular formula is C14H14N6OS. The van der Waals surface area contributed by atoms with Gasteiger partial charge in [-0.3, -0.25) is 4.79 Å². The van der Waals surface area contributed by atoms with Crippen LogP contribution in [0.25, 0.3) is 10.9 Å². The van der Waals surface area contributed by atoms with Gasteiger partial charge in [0, 0.05) is 0 Å². The molecule has 2 aromatic heterocycles. The van der Waals surface area contributed by atoms with E-state index in [1.54, 1.807) is 6.07 Å². The Bertz CT molecular complexity index is 884. The number of para-hydroxylation sites is 1. The molecule has 1 saturated carbocycles. The Morgan fingerprint density at radius 3 is 3.00 bits per heavy atom. The first kappa shape index (κ1) is 13.4. The molecule has 0 saturated heterocycles. The zero-order valence-electron chi connectivity index (χ0n) is 11.9. The summed E-state index contributed by atoms with van der Waals surface area (Å²) in [6.45, 7) is 1.99. The third-order valence-corrected chi connectivity index (χ3v) is 4.71. The maximum Gasteiger partial charge on any atom is 0.258 e. The van der Waals surface area contributed by atoms with E-state index in [4.69, 9.17) is 0 Å². The van der Waals surface area contributed by atoms with E-state index in [1.165, 1.54) is 11.8 Å². The molecule has 0 bridgehead atoms. The van der Waals surface area contributed by atoms with Crippen molar-refractivity contribution in [3.05, 3.63) is 40.4 Å². The highest BCUT2D eigenvalue weighted by Crippen LogP contribution is 2.39. The Morgan fingerprint density at radius 1 is 1.36 bits per heavy atom. The standard InChI is InChI=1S/C14H14N6OS/c1-8(22-14-17-18-19-20(14)9-6-7-9)12-15-11-5-3-2-4-10(11)13(21)16-12/h2-5,8-9H,6-7H2,1H3,(H,15,16,21)/t8-/m1/s1. The van der Waals surface area contributed by atoms with Crippen molar-refractivity contribution < 1.29 is 0 Å². The van der Waals surface area contributed by atoms with Gasteiger partial charge in [-0.15, -0.1) is 5.10 Å². The van der Waals surface area contributed by atoms with Gasteiger partial charge in [-0.1, -0.05) is 23.9 Å². The summed E-state index contributed by atoms with van der Waals surface area (Å²) < 4.78 is 1.86. The second kappa shape index (κ2) is 5.20. The average molecular weight is 314 g/mol. The molecule has 0 amide bonds. The second-order valence-corrected chi connectivity index (χ2v) is 6.67. The molecule has 1 aliphatic rings. The van der Waals surface area contributed by atoms with Crippen molar-refractivity contribution in [1.29, 1.82) is 0 Å². The van der Waals surface area contributed by atoms with Gasteiger partial charge in [-0.2, -0.15) is 0 Å². The highest BCUT2D eigenvalue weighted by atomic mass is 32.2. The van der Waals surface area contributed by atoms with Crippen molar-refractivity contribution in [2.24, 2.45) is 0 Å². The Labute approximate surface area is 130 Å². The Morgan fingerprint density at radius 2 is 2.18 bits per heavy atom. The topological polar surface area (TPSA) is 89.3 Å². The Kier molecular flexibility index (Phi) is 3.18. The molecule has 0 unspecified atom stereocenters. The van der Waals surface area contributed by atoms with Crippen LogP contribution in [-0.4, -0.2) is 30.2 Å². The molecule has 1 aliphatic carbocycles. The monoisotopic (exact) mass is 314 g/mol. The smallest absolute Gasteiger partial charge is 0.258 e. The Balaban J connectivity index is 1.66. The Hall–Kier alpha value is -2.22. The van der Waals surface area contributed by atoms with Crippen LogP contribution in [0.3, 0.4) is 0 Å². The number of thioether (sulfide) groups is 1. The summed E-state index contributed by atoms with van der Waals surface area (Å²) in [5.41, 5.74) is 0.588. The highest BCUT2D eigenvalue weighted by molar-refractivity contribution is 7.99. The summed E-state index contributed by atoms with van der Waals surface area (Å²) in [6.07, 6.45) is 2.25. The molecule has 1 fully saturated rings. The van der Waals surface area contributed by atoms with Crippen LogP contribution in [0.1, 0.15) is 36.9 Å².